The molecule has 0 atom stereocenters. The van der Waals surface area contributed by atoms with E-state index in [-0.39, 0.29) is 6.61 Å². The molecule has 0 aliphatic heterocycles. The molecule has 24 heavy (non-hydrogen) atoms. The molecule has 2 aromatic carbocycles. The molecule has 0 spiro atoms. The summed E-state index contributed by atoms with van der Waals surface area (Å²) in [6.07, 6.45) is 1.72. The zero-order valence-corrected chi connectivity index (χ0v) is 13.1. The molecule has 5 heteroatoms. The lowest BCUT2D eigenvalue weighted by molar-refractivity contribution is -0.138. The van der Waals surface area contributed by atoms with Crippen LogP contribution in [0.5, 0.6) is 0 Å². The molecule has 118 valence electrons. The average molecular weight is 317 g/mol. The van der Waals surface area contributed by atoms with Crippen LogP contribution in [0.1, 0.15) is 16.8 Å². The highest BCUT2D eigenvalue weighted by Gasteiger charge is 2.05. The normalized spacial score (nSPS) is 9.88. The summed E-state index contributed by atoms with van der Waals surface area (Å²) in [5.74, 6) is 4.61. The summed E-state index contributed by atoms with van der Waals surface area (Å²) in [5, 5.41) is 8.02. The van der Waals surface area contributed by atoms with Crippen molar-refractivity contribution in [3.8, 4) is 17.5 Å². The van der Waals surface area contributed by atoms with Crippen molar-refractivity contribution in [1.82, 2.24) is 15.0 Å². The van der Waals surface area contributed by atoms with Crippen LogP contribution in [0.25, 0.3) is 5.69 Å². The number of aryl methyl sites for hydroxylation is 1. The van der Waals surface area contributed by atoms with Gasteiger partial charge in [-0.1, -0.05) is 47.0 Å². The molecule has 0 aliphatic rings. The zero-order chi connectivity index (χ0) is 16.8. The molecule has 1 heterocycles. The number of carbonyl (C=O) groups is 1. The van der Waals surface area contributed by atoms with Gasteiger partial charge < -0.3 is 4.74 Å². The Labute approximate surface area is 139 Å². The topological polar surface area (TPSA) is 57.0 Å². The highest BCUT2D eigenvalue weighted by molar-refractivity contribution is 5.89. The van der Waals surface area contributed by atoms with Crippen LogP contribution >= 0.6 is 0 Å². The predicted octanol–water partition coefficient (Wildman–Crippen LogP) is 2.67. The van der Waals surface area contributed by atoms with Crippen LogP contribution in [0.4, 0.5) is 0 Å². The maximum atomic E-state index is 11.7. The number of esters is 1. The van der Waals surface area contributed by atoms with Gasteiger partial charge in [-0.05, 0) is 31.2 Å². The summed E-state index contributed by atoms with van der Waals surface area (Å²) in [4.78, 5) is 11.7. The van der Waals surface area contributed by atoms with Crippen molar-refractivity contribution in [3.05, 3.63) is 77.6 Å². The molecule has 0 bridgehead atoms. The smallest absolute Gasteiger partial charge is 0.385 e. The third-order valence-corrected chi connectivity index (χ3v) is 3.27. The summed E-state index contributed by atoms with van der Waals surface area (Å²) in [6, 6.07) is 17.2. The van der Waals surface area contributed by atoms with Crippen LogP contribution in [0.2, 0.25) is 0 Å². The fraction of sp³-hybridized carbons (Fsp3) is 0.105. The molecule has 5 nitrogen and oxygen atoms in total. The molecule has 0 radical (unpaired) electrons. The molecule has 0 saturated heterocycles. The monoisotopic (exact) mass is 317 g/mol. The van der Waals surface area contributed by atoms with E-state index < -0.39 is 5.97 Å². The SMILES string of the molecule is Cc1ccc(-n2cc(COC(=O)C#Cc3ccccc3)nn2)cc1. The zero-order valence-electron chi connectivity index (χ0n) is 13.1. The first-order valence-corrected chi connectivity index (χ1v) is 7.43. The Kier molecular flexibility index (Phi) is 4.68. The van der Waals surface area contributed by atoms with Crippen LogP contribution < -0.4 is 0 Å². The second kappa shape index (κ2) is 7.25. The van der Waals surface area contributed by atoms with Gasteiger partial charge in [0.05, 0.1) is 11.9 Å². The van der Waals surface area contributed by atoms with E-state index in [1.54, 1.807) is 10.9 Å². The molecular formula is C19H15N3O2. The van der Waals surface area contributed by atoms with Crippen molar-refractivity contribution in [2.45, 2.75) is 13.5 Å². The van der Waals surface area contributed by atoms with E-state index in [0.29, 0.717) is 5.69 Å². The second-order valence-electron chi connectivity index (χ2n) is 5.18. The van der Waals surface area contributed by atoms with E-state index in [2.05, 4.69) is 22.2 Å². The van der Waals surface area contributed by atoms with Crippen molar-refractivity contribution in [2.75, 3.05) is 0 Å². The Balaban J connectivity index is 1.58. The minimum atomic E-state index is -0.594. The van der Waals surface area contributed by atoms with E-state index in [4.69, 9.17) is 4.74 Å². The molecule has 3 aromatic rings. The maximum Gasteiger partial charge on any atom is 0.385 e. The Morgan fingerprint density at radius 3 is 2.62 bits per heavy atom. The van der Waals surface area contributed by atoms with Crippen molar-refractivity contribution >= 4 is 5.97 Å². The molecular weight excluding hydrogens is 302 g/mol. The molecule has 1 aromatic heterocycles. The van der Waals surface area contributed by atoms with Gasteiger partial charge in [0.2, 0.25) is 0 Å². The number of hydrogen-bond acceptors (Lipinski definition) is 4. The quantitative estimate of drug-likeness (QED) is 0.550. The van der Waals surface area contributed by atoms with E-state index in [0.717, 1.165) is 11.3 Å². The number of nitrogens with zero attached hydrogens (tertiary/aromatic N) is 3. The summed E-state index contributed by atoms with van der Waals surface area (Å²) in [6.45, 7) is 2.06. The number of carbonyl (C=O) groups excluding carboxylic acids is 1. The van der Waals surface area contributed by atoms with Crippen LogP contribution in [-0.2, 0) is 16.1 Å². The van der Waals surface area contributed by atoms with Gasteiger partial charge in [0.25, 0.3) is 0 Å². The molecule has 0 saturated carbocycles. The number of hydrogen-bond donors (Lipinski definition) is 0. The van der Waals surface area contributed by atoms with Crippen LogP contribution in [-0.4, -0.2) is 21.0 Å². The Morgan fingerprint density at radius 1 is 1.12 bits per heavy atom. The van der Waals surface area contributed by atoms with E-state index in [1.165, 1.54) is 5.56 Å². The lowest BCUT2D eigenvalue weighted by Gasteiger charge is -1.99. The highest BCUT2D eigenvalue weighted by atomic mass is 16.5. The molecule has 0 aliphatic carbocycles. The van der Waals surface area contributed by atoms with Crippen molar-refractivity contribution in [2.24, 2.45) is 0 Å². The third-order valence-electron chi connectivity index (χ3n) is 3.27. The maximum absolute atomic E-state index is 11.7. The average Bonchev–Trinajstić information content (AvgIpc) is 3.09. The lowest BCUT2D eigenvalue weighted by atomic mass is 10.2. The minimum absolute atomic E-state index is 0.0359. The largest absolute Gasteiger partial charge is 0.449 e. The molecule has 0 unspecified atom stereocenters. The fourth-order valence-electron chi connectivity index (χ4n) is 2.01. The van der Waals surface area contributed by atoms with E-state index >= 15 is 0 Å². The highest BCUT2D eigenvalue weighted by Crippen LogP contribution is 2.08. The lowest BCUT2D eigenvalue weighted by Crippen LogP contribution is -2.01. The van der Waals surface area contributed by atoms with Gasteiger partial charge in [-0.25, -0.2) is 9.48 Å². The van der Waals surface area contributed by atoms with E-state index in [1.807, 2.05) is 61.5 Å². The van der Waals surface area contributed by atoms with Crippen LogP contribution in [0.15, 0.2) is 60.8 Å². The van der Waals surface area contributed by atoms with Crippen molar-refractivity contribution < 1.29 is 9.53 Å². The first-order valence-electron chi connectivity index (χ1n) is 7.43. The first-order chi connectivity index (χ1) is 11.7. The standard InChI is InChI=1S/C19H15N3O2/c1-15-7-10-18(11-8-15)22-13-17(20-21-22)14-24-19(23)12-9-16-5-3-2-4-6-16/h2-8,10-11,13H,14H2,1H3. The summed E-state index contributed by atoms with van der Waals surface area (Å²) < 4.78 is 6.73. The molecule has 0 N–H and O–H groups in total. The van der Waals surface area contributed by atoms with Crippen molar-refractivity contribution in [1.29, 1.82) is 0 Å². The van der Waals surface area contributed by atoms with Crippen LogP contribution in [0, 0.1) is 18.8 Å². The number of rotatable bonds is 3. The third kappa shape index (κ3) is 4.08. The minimum Gasteiger partial charge on any atom is -0.449 e. The van der Waals surface area contributed by atoms with Gasteiger partial charge in [0.15, 0.2) is 0 Å². The Hall–Kier alpha value is -3.39. The number of benzene rings is 2. The molecule has 0 fully saturated rings. The second-order valence-corrected chi connectivity index (χ2v) is 5.18. The van der Waals surface area contributed by atoms with Crippen molar-refractivity contribution in [3.63, 3.8) is 0 Å². The summed E-state index contributed by atoms with van der Waals surface area (Å²) in [7, 11) is 0. The van der Waals surface area contributed by atoms with E-state index in [9.17, 15) is 4.79 Å². The Morgan fingerprint density at radius 2 is 1.88 bits per heavy atom. The fourth-order valence-corrected chi connectivity index (χ4v) is 2.01. The first kappa shape index (κ1) is 15.5. The number of ether oxygens (including phenoxy) is 1. The van der Waals surface area contributed by atoms with Gasteiger partial charge in [-0.2, -0.15) is 0 Å². The Bertz CT molecular complexity index is 888. The van der Waals surface area contributed by atoms with Gasteiger partial charge in [0, 0.05) is 11.5 Å². The summed E-state index contributed by atoms with van der Waals surface area (Å²) in [5.41, 5.74) is 3.39. The van der Waals surface area contributed by atoms with Crippen LogP contribution in [0.3, 0.4) is 0 Å². The van der Waals surface area contributed by atoms with Gasteiger partial charge in [-0.15, -0.1) is 5.10 Å². The summed E-state index contributed by atoms with van der Waals surface area (Å²) >= 11 is 0. The molecule has 0 amide bonds. The molecule has 3 rings (SSSR count). The number of aromatic nitrogens is 3. The van der Waals surface area contributed by atoms with Gasteiger partial charge in [0.1, 0.15) is 12.3 Å². The van der Waals surface area contributed by atoms with Gasteiger partial charge in [-0.3, -0.25) is 0 Å². The predicted molar refractivity (Wildman–Crippen MR) is 89.2 cm³/mol. The van der Waals surface area contributed by atoms with Gasteiger partial charge >= 0.3 is 5.97 Å².